The van der Waals surface area contributed by atoms with Crippen LogP contribution in [-0.2, 0) is 10.0 Å². The van der Waals surface area contributed by atoms with Crippen LogP contribution in [0.25, 0.3) is 0 Å². The number of benzene rings is 1. The molecule has 0 bridgehead atoms. The van der Waals surface area contributed by atoms with Crippen molar-refractivity contribution in [2.75, 3.05) is 24.4 Å². The molecule has 0 N–H and O–H groups in total. The molecule has 2 aromatic rings. The fourth-order valence-electron chi connectivity index (χ4n) is 3.20. The van der Waals surface area contributed by atoms with Gasteiger partial charge in [0.2, 0.25) is 0 Å². The molecule has 0 aliphatic heterocycles. The van der Waals surface area contributed by atoms with Crippen LogP contribution in [0.3, 0.4) is 0 Å². The largest absolute Gasteiger partial charge is 0.338 e. The second-order valence-corrected chi connectivity index (χ2v) is 9.14. The first kappa shape index (κ1) is 20.5. The highest BCUT2D eigenvalue weighted by Crippen LogP contribution is 2.33. The lowest BCUT2D eigenvalue weighted by molar-refractivity contribution is 0.0778. The van der Waals surface area contributed by atoms with Gasteiger partial charge < -0.3 is 4.90 Å². The van der Waals surface area contributed by atoms with Crippen molar-refractivity contribution in [1.82, 2.24) is 4.90 Å². The number of amides is 1. The van der Waals surface area contributed by atoms with Crippen LogP contribution >= 0.6 is 11.3 Å². The Hall–Kier alpha value is -1.86. The van der Waals surface area contributed by atoms with E-state index in [2.05, 4.69) is 0 Å². The molecule has 0 aliphatic rings. The molecule has 0 aliphatic carbocycles. The lowest BCUT2D eigenvalue weighted by atomic mass is 10.1. The molecule has 0 unspecified atom stereocenters. The third kappa shape index (κ3) is 3.64. The Morgan fingerprint density at radius 2 is 1.62 bits per heavy atom. The van der Waals surface area contributed by atoms with Crippen LogP contribution < -0.4 is 4.31 Å². The highest BCUT2D eigenvalue weighted by molar-refractivity contribution is 7.93. The first-order valence-corrected chi connectivity index (χ1v) is 10.9. The monoisotopic (exact) mass is 394 g/mol. The summed E-state index contributed by atoms with van der Waals surface area (Å²) in [5.74, 6) is -0.139. The molecule has 1 amide bonds. The zero-order valence-corrected chi connectivity index (χ0v) is 17.8. The van der Waals surface area contributed by atoms with Gasteiger partial charge in [-0.15, -0.1) is 11.3 Å². The van der Waals surface area contributed by atoms with E-state index in [4.69, 9.17) is 0 Å². The molecular weight excluding hydrogens is 368 g/mol. The van der Waals surface area contributed by atoms with Crippen LogP contribution in [0.5, 0.6) is 0 Å². The Labute approximate surface area is 160 Å². The summed E-state index contributed by atoms with van der Waals surface area (Å²) in [5.41, 5.74) is 2.86. The molecule has 26 heavy (non-hydrogen) atoms. The number of hydrogen-bond donors (Lipinski definition) is 0. The van der Waals surface area contributed by atoms with E-state index in [0.29, 0.717) is 39.7 Å². The Kier molecular flexibility index (Phi) is 6.13. The summed E-state index contributed by atoms with van der Waals surface area (Å²) in [6.07, 6.45) is 0. The fraction of sp³-hybridized carbons (Fsp3) is 0.421. The van der Waals surface area contributed by atoms with E-state index >= 15 is 0 Å². The third-order valence-electron chi connectivity index (χ3n) is 4.45. The SMILES string of the molecule is CCN(CC)C(=O)c1sccc1N(C)S(=O)(=O)c1c(C)cc(C)cc1C. The second-order valence-electron chi connectivity index (χ2n) is 6.31. The van der Waals surface area contributed by atoms with Crippen molar-refractivity contribution in [3.05, 3.63) is 45.1 Å². The van der Waals surface area contributed by atoms with Crippen LogP contribution in [-0.4, -0.2) is 39.4 Å². The molecule has 142 valence electrons. The predicted octanol–water partition coefficient (Wildman–Crippen LogP) is 3.98. The minimum Gasteiger partial charge on any atom is -0.338 e. The maximum absolute atomic E-state index is 13.3. The third-order valence-corrected chi connectivity index (χ3v) is 7.42. The van der Waals surface area contributed by atoms with E-state index in [0.717, 1.165) is 5.56 Å². The maximum Gasteiger partial charge on any atom is 0.266 e. The number of carbonyl (C=O) groups excluding carboxylic acids is 1. The summed E-state index contributed by atoms with van der Waals surface area (Å²) in [6, 6.07) is 5.42. The number of hydrogen-bond acceptors (Lipinski definition) is 4. The molecule has 0 radical (unpaired) electrons. The number of aryl methyl sites for hydroxylation is 3. The maximum atomic E-state index is 13.3. The first-order valence-electron chi connectivity index (χ1n) is 8.58. The zero-order chi connectivity index (χ0) is 19.6. The smallest absolute Gasteiger partial charge is 0.266 e. The average molecular weight is 395 g/mol. The van der Waals surface area contributed by atoms with Crippen LogP contribution in [0.2, 0.25) is 0 Å². The van der Waals surface area contributed by atoms with E-state index in [-0.39, 0.29) is 5.91 Å². The van der Waals surface area contributed by atoms with Crippen molar-refractivity contribution in [2.24, 2.45) is 0 Å². The van der Waals surface area contributed by atoms with E-state index in [1.807, 2.05) is 32.9 Å². The number of rotatable bonds is 6. The number of carbonyl (C=O) groups is 1. The quantitative estimate of drug-likeness (QED) is 0.745. The van der Waals surface area contributed by atoms with Gasteiger partial charge in [-0.05, 0) is 57.2 Å². The summed E-state index contributed by atoms with van der Waals surface area (Å²) < 4.78 is 27.8. The fourth-order valence-corrected chi connectivity index (χ4v) is 5.77. The van der Waals surface area contributed by atoms with Crippen LogP contribution in [0.4, 0.5) is 5.69 Å². The van der Waals surface area contributed by atoms with Gasteiger partial charge in [-0.3, -0.25) is 9.10 Å². The number of nitrogens with zero attached hydrogens (tertiary/aromatic N) is 2. The summed E-state index contributed by atoms with van der Waals surface area (Å²) in [5, 5.41) is 1.76. The molecule has 1 aromatic carbocycles. The van der Waals surface area contributed by atoms with E-state index in [1.165, 1.54) is 22.7 Å². The Bertz CT molecular complexity index is 890. The van der Waals surface area contributed by atoms with Gasteiger partial charge in [0.15, 0.2) is 0 Å². The van der Waals surface area contributed by atoms with Crippen LogP contribution in [0.15, 0.2) is 28.5 Å². The molecular formula is C19H26N2O3S2. The topological polar surface area (TPSA) is 57.7 Å². The first-order chi connectivity index (χ1) is 12.1. The van der Waals surface area contributed by atoms with Gasteiger partial charge >= 0.3 is 0 Å². The molecule has 0 spiro atoms. The molecule has 7 heteroatoms. The predicted molar refractivity (Wildman–Crippen MR) is 108 cm³/mol. The van der Waals surface area contributed by atoms with E-state index < -0.39 is 10.0 Å². The molecule has 1 heterocycles. The Balaban J connectivity index is 2.52. The molecule has 1 aromatic heterocycles. The van der Waals surface area contributed by atoms with Crippen molar-refractivity contribution < 1.29 is 13.2 Å². The summed E-state index contributed by atoms with van der Waals surface area (Å²) in [4.78, 5) is 15.2. The molecule has 0 saturated carbocycles. The summed E-state index contributed by atoms with van der Waals surface area (Å²) in [6.45, 7) is 10.5. The number of anilines is 1. The van der Waals surface area contributed by atoms with Gasteiger partial charge in [0.05, 0.1) is 10.6 Å². The lowest BCUT2D eigenvalue weighted by Gasteiger charge is -2.24. The molecule has 5 nitrogen and oxygen atoms in total. The van der Waals surface area contributed by atoms with Crippen LogP contribution in [0, 0.1) is 20.8 Å². The van der Waals surface area contributed by atoms with E-state index in [9.17, 15) is 13.2 Å². The highest BCUT2D eigenvalue weighted by Gasteiger charge is 2.29. The van der Waals surface area contributed by atoms with Crippen molar-refractivity contribution in [3.8, 4) is 0 Å². The van der Waals surface area contributed by atoms with Crippen molar-refractivity contribution in [3.63, 3.8) is 0 Å². The Morgan fingerprint density at radius 3 is 2.12 bits per heavy atom. The van der Waals surface area contributed by atoms with Gasteiger partial charge in [0.25, 0.3) is 15.9 Å². The molecule has 0 atom stereocenters. The van der Waals surface area contributed by atoms with Crippen molar-refractivity contribution >= 4 is 33.0 Å². The van der Waals surface area contributed by atoms with Gasteiger partial charge in [0.1, 0.15) is 4.88 Å². The summed E-state index contributed by atoms with van der Waals surface area (Å²) >= 11 is 1.27. The average Bonchev–Trinajstić information content (AvgIpc) is 3.03. The van der Waals surface area contributed by atoms with Crippen molar-refractivity contribution in [1.29, 1.82) is 0 Å². The van der Waals surface area contributed by atoms with Crippen LogP contribution in [0.1, 0.15) is 40.2 Å². The lowest BCUT2D eigenvalue weighted by Crippen LogP contribution is -2.33. The second kappa shape index (κ2) is 7.80. The standard InChI is InChI=1S/C19H26N2O3S2/c1-7-21(8-2)19(22)17-16(9-10-25-17)20(6)26(23,24)18-14(4)11-13(3)12-15(18)5/h9-12H,7-8H2,1-6H3. The Morgan fingerprint density at radius 1 is 1.08 bits per heavy atom. The van der Waals surface area contributed by atoms with Gasteiger partial charge in [-0.25, -0.2) is 8.42 Å². The number of sulfonamides is 1. The molecule has 0 fully saturated rings. The highest BCUT2D eigenvalue weighted by atomic mass is 32.2. The number of thiophene rings is 1. The zero-order valence-electron chi connectivity index (χ0n) is 16.2. The molecule has 0 saturated heterocycles. The van der Waals surface area contributed by atoms with Gasteiger partial charge in [-0.2, -0.15) is 0 Å². The minimum absolute atomic E-state index is 0.139. The van der Waals surface area contributed by atoms with Gasteiger partial charge in [0, 0.05) is 20.1 Å². The van der Waals surface area contributed by atoms with E-state index in [1.54, 1.807) is 30.2 Å². The van der Waals surface area contributed by atoms with Gasteiger partial charge in [-0.1, -0.05) is 17.7 Å². The normalized spacial score (nSPS) is 11.5. The summed E-state index contributed by atoms with van der Waals surface area (Å²) in [7, 11) is -2.26. The van der Waals surface area contributed by atoms with Crippen molar-refractivity contribution in [2.45, 2.75) is 39.5 Å². The molecule has 2 rings (SSSR count). The minimum atomic E-state index is -3.77.